The van der Waals surface area contributed by atoms with Gasteiger partial charge in [0.15, 0.2) is 11.7 Å². The van der Waals surface area contributed by atoms with E-state index in [0.29, 0.717) is 23.8 Å². The van der Waals surface area contributed by atoms with E-state index in [4.69, 9.17) is 5.26 Å². The van der Waals surface area contributed by atoms with E-state index in [1.165, 1.54) is 41.8 Å². The second-order valence-electron chi connectivity index (χ2n) is 5.31. The zero-order valence-corrected chi connectivity index (χ0v) is 15.2. The zero-order chi connectivity index (χ0) is 18.3. The predicted octanol–water partition coefficient (Wildman–Crippen LogP) is 0.311. The van der Waals surface area contributed by atoms with E-state index in [1.54, 1.807) is 5.38 Å². The van der Waals surface area contributed by atoms with Crippen molar-refractivity contribution in [3.63, 3.8) is 0 Å². The van der Waals surface area contributed by atoms with Crippen molar-refractivity contribution in [3.05, 3.63) is 35.8 Å². The summed E-state index contributed by atoms with van der Waals surface area (Å²) in [6.45, 7) is 0.816. The maximum Gasteiger partial charge on any atom is 0.279 e. The number of quaternary nitrogens is 1. The van der Waals surface area contributed by atoms with Crippen molar-refractivity contribution in [1.82, 2.24) is 4.98 Å². The van der Waals surface area contributed by atoms with Crippen LogP contribution in [0.4, 0.5) is 10.8 Å². The Morgan fingerprint density at radius 3 is 2.68 bits per heavy atom. The number of carbonyl (C=O) groups is 1. The van der Waals surface area contributed by atoms with Gasteiger partial charge in [-0.3, -0.25) is 9.52 Å². The minimum atomic E-state index is -3.71. The number of anilines is 2. The Labute approximate surface area is 150 Å². The van der Waals surface area contributed by atoms with Gasteiger partial charge in [-0.2, -0.15) is 5.26 Å². The summed E-state index contributed by atoms with van der Waals surface area (Å²) in [5, 5.41) is 13.2. The molecule has 1 heterocycles. The van der Waals surface area contributed by atoms with Crippen LogP contribution in [0.5, 0.6) is 0 Å². The lowest BCUT2D eigenvalue weighted by Gasteiger charge is -2.12. The first kappa shape index (κ1) is 18.9. The number of amides is 1. The topological polar surface area (TPSA) is 116 Å². The summed E-state index contributed by atoms with van der Waals surface area (Å²) in [5.41, 5.74) is 0.506. The molecule has 3 N–H and O–H groups in total. The minimum Gasteiger partial charge on any atom is -0.329 e. The van der Waals surface area contributed by atoms with Crippen LogP contribution in [0.3, 0.4) is 0 Å². The fourth-order valence-corrected chi connectivity index (χ4v) is 3.79. The van der Waals surface area contributed by atoms with Gasteiger partial charge in [0, 0.05) is 17.3 Å². The number of hydrogen-bond acceptors (Lipinski definition) is 6. The second kappa shape index (κ2) is 8.57. The molecule has 10 heteroatoms. The number of aromatic nitrogens is 1. The third-order valence-electron chi connectivity index (χ3n) is 3.23. The van der Waals surface area contributed by atoms with Gasteiger partial charge in [-0.05, 0) is 24.3 Å². The Hall–Kier alpha value is -2.48. The maximum atomic E-state index is 12.2. The van der Waals surface area contributed by atoms with E-state index in [1.807, 2.05) is 13.1 Å². The lowest BCUT2D eigenvalue weighted by molar-refractivity contribution is -0.870. The number of rotatable bonds is 8. The predicted molar refractivity (Wildman–Crippen MR) is 94.8 cm³/mol. The standard InChI is InChI=1S/C15H17N5O3S2/c1-20(9-2-7-16)11-14(21)18-12-3-5-13(6-4-12)25(22,23)19-15-17-8-10-24-15/h3-6,8,10H,2,9,11H2,1H3,(H,17,19)(H,18,21)/p+1. The van der Waals surface area contributed by atoms with Crippen LogP contribution in [0, 0.1) is 11.3 Å². The Bertz CT molecular complexity index is 842. The number of benzene rings is 1. The molecule has 2 rings (SSSR count). The van der Waals surface area contributed by atoms with Crippen molar-refractivity contribution in [3.8, 4) is 6.07 Å². The second-order valence-corrected chi connectivity index (χ2v) is 7.88. The largest absolute Gasteiger partial charge is 0.329 e. The third kappa shape index (κ3) is 5.82. The number of nitrogens with zero attached hydrogens (tertiary/aromatic N) is 2. The molecule has 25 heavy (non-hydrogen) atoms. The number of hydrogen-bond donors (Lipinski definition) is 3. The van der Waals surface area contributed by atoms with E-state index in [9.17, 15) is 13.2 Å². The van der Waals surface area contributed by atoms with Gasteiger partial charge < -0.3 is 10.2 Å². The molecule has 1 aromatic heterocycles. The molecule has 0 bridgehead atoms. The van der Waals surface area contributed by atoms with E-state index < -0.39 is 10.0 Å². The summed E-state index contributed by atoms with van der Waals surface area (Å²) in [5.74, 6) is -0.202. The fraction of sp³-hybridized carbons (Fsp3) is 0.267. The molecule has 0 aliphatic rings. The Balaban J connectivity index is 1.95. The fourth-order valence-electron chi connectivity index (χ4n) is 2.00. The number of thiazole rings is 1. The van der Waals surface area contributed by atoms with Crippen LogP contribution in [0.25, 0.3) is 0 Å². The van der Waals surface area contributed by atoms with Gasteiger partial charge in [-0.15, -0.1) is 11.3 Å². The molecule has 8 nitrogen and oxygen atoms in total. The van der Waals surface area contributed by atoms with Crippen LogP contribution >= 0.6 is 11.3 Å². The molecule has 1 aromatic carbocycles. The minimum absolute atomic E-state index is 0.0810. The summed E-state index contributed by atoms with van der Waals surface area (Å²) in [7, 11) is -1.88. The quantitative estimate of drug-likeness (QED) is 0.609. The number of sulfonamides is 1. The highest BCUT2D eigenvalue weighted by Crippen LogP contribution is 2.19. The Morgan fingerprint density at radius 1 is 1.36 bits per heavy atom. The van der Waals surface area contributed by atoms with Gasteiger partial charge in [0.05, 0.1) is 31.0 Å². The van der Waals surface area contributed by atoms with Crippen LogP contribution in [0.15, 0.2) is 40.7 Å². The summed E-state index contributed by atoms with van der Waals surface area (Å²) < 4.78 is 26.8. The molecule has 0 saturated carbocycles. The molecule has 0 saturated heterocycles. The van der Waals surface area contributed by atoms with E-state index in [-0.39, 0.29) is 17.3 Å². The van der Waals surface area contributed by atoms with Gasteiger partial charge in [0.2, 0.25) is 0 Å². The number of likely N-dealkylation sites (N-methyl/N-ethyl adjacent to an activating group) is 1. The van der Waals surface area contributed by atoms with Crippen LogP contribution in [0.1, 0.15) is 6.42 Å². The summed E-state index contributed by atoms with van der Waals surface area (Å²) in [4.78, 5) is 16.8. The first-order chi connectivity index (χ1) is 11.9. The first-order valence-electron chi connectivity index (χ1n) is 7.41. The van der Waals surface area contributed by atoms with Crippen molar-refractivity contribution >= 4 is 38.1 Å². The van der Waals surface area contributed by atoms with Crippen molar-refractivity contribution in [2.75, 3.05) is 30.2 Å². The van der Waals surface area contributed by atoms with Crippen molar-refractivity contribution in [1.29, 1.82) is 5.26 Å². The zero-order valence-electron chi connectivity index (χ0n) is 13.5. The molecular weight excluding hydrogens is 362 g/mol. The van der Waals surface area contributed by atoms with Gasteiger partial charge in [-0.1, -0.05) is 0 Å². The molecule has 0 spiro atoms. The smallest absolute Gasteiger partial charge is 0.279 e. The van der Waals surface area contributed by atoms with Crippen molar-refractivity contribution < 1.29 is 18.1 Å². The molecule has 0 aliphatic carbocycles. The van der Waals surface area contributed by atoms with Crippen LogP contribution in [0.2, 0.25) is 0 Å². The SMILES string of the molecule is C[NH+](CCC#N)CC(=O)Nc1ccc(S(=O)(=O)Nc2nccs2)cc1. The van der Waals surface area contributed by atoms with Crippen LogP contribution < -0.4 is 14.9 Å². The molecule has 0 radical (unpaired) electrons. The highest BCUT2D eigenvalue weighted by molar-refractivity contribution is 7.93. The summed E-state index contributed by atoms with van der Waals surface area (Å²) >= 11 is 1.19. The number of carbonyl (C=O) groups excluding carboxylic acids is 1. The number of nitrogens with one attached hydrogen (secondary N) is 3. The van der Waals surface area contributed by atoms with E-state index in [2.05, 4.69) is 15.0 Å². The lowest BCUT2D eigenvalue weighted by atomic mass is 10.3. The molecule has 132 valence electrons. The molecule has 1 unspecified atom stereocenters. The van der Waals surface area contributed by atoms with Gasteiger partial charge in [-0.25, -0.2) is 13.4 Å². The van der Waals surface area contributed by atoms with Crippen LogP contribution in [-0.2, 0) is 14.8 Å². The summed E-state index contributed by atoms with van der Waals surface area (Å²) in [6.07, 6.45) is 1.90. The highest BCUT2D eigenvalue weighted by Gasteiger charge is 2.16. The first-order valence-corrected chi connectivity index (χ1v) is 9.77. The molecule has 1 amide bonds. The van der Waals surface area contributed by atoms with E-state index >= 15 is 0 Å². The molecular formula is C15H18N5O3S2+. The average Bonchev–Trinajstić information content (AvgIpc) is 3.05. The highest BCUT2D eigenvalue weighted by atomic mass is 32.2. The normalized spacial score (nSPS) is 12.2. The Morgan fingerprint density at radius 2 is 2.08 bits per heavy atom. The maximum absolute atomic E-state index is 12.2. The molecule has 1 atom stereocenters. The van der Waals surface area contributed by atoms with Crippen LogP contribution in [-0.4, -0.2) is 39.4 Å². The third-order valence-corrected chi connectivity index (χ3v) is 5.40. The molecule has 2 aromatic rings. The van der Waals surface area contributed by atoms with Gasteiger partial charge in [0.25, 0.3) is 15.9 Å². The van der Waals surface area contributed by atoms with Crippen molar-refractivity contribution in [2.45, 2.75) is 11.3 Å². The number of nitriles is 1. The van der Waals surface area contributed by atoms with Crippen molar-refractivity contribution in [2.24, 2.45) is 0 Å². The van der Waals surface area contributed by atoms with Gasteiger partial charge >= 0.3 is 0 Å². The molecule has 0 fully saturated rings. The van der Waals surface area contributed by atoms with E-state index in [0.717, 1.165) is 4.90 Å². The summed E-state index contributed by atoms with van der Waals surface area (Å²) in [6, 6.07) is 7.92. The monoisotopic (exact) mass is 380 g/mol. The van der Waals surface area contributed by atoms with Gasteiger partial charge in [0.1, 0.15) is 0 Å². The average molecular weight is 380 g/mol. The molecule has 0 aliphatic heterocycles. The Kier molecular flexibility index (Phi) is 6.46. The lowest BCUT2D eigenvalue weighted by Crippen LogP contribution is -3.10.